The molecular formula is C19H25F3N2O4S. The van der Waals surface area contributed by atoms with Gasteiger partial charge < -0.3 is 9.64 Å². The summed E-state index contributed by atoms with van der Waals surface area (Å²) in [5, 5.41) is 0. The first-order chi connectivity index (χ1) is 13.6. The predicted molar refractivity (Wildman–Crippen MR) is 99.6 cm³/mol. The van der Waals surface area contributed by atoms with Crippen molar-refractivity contribution in [3.8, 4) is 0 Å². The van der Waals surface area contributed by atoms with Crippen molar-refractivity contribution in [2.24, 2.45) is 0 Å². The molecule has 0 radical (unpaired) electrons. The van der Waals surface area contributed by atoms with Gasteiger partial charge in [0, 0.05) is 45.3 Å². The number of alkyl halides is 3. The van der Waals surface area contributed by atoms with Crippen LogP contribution >= 0.6 is 0 Å². The van der Waals surface area contributed by atoms with Gasteiger partial charge in [-0.15, -0.1) is 0 Å². The number of benzene rings is 1. The van der Waals surface area contributed by atoms with E-state index in [0.29, 0.717) is 26.1 Å². The van der Waals surface area contributed by atoms with E-state index in [1.54, 1.807) is 0 Å². The summed E-state index contributed by atoms with van der Waals surface area (Å²) in [5.74, 6) is -0.0269. The van der Waals surface area contributed by atoms with E-state index in [4.69, 9.17) is 4.74 Å². The predicted octanol–water partition coefficient (Wildman–Crippen LogP) is 2.89. The Hall–Kier alpha value is -1.65. The highest BCUT2D eigenvalue weighted by atomic mass is 32.2. The maximum atomic E-state index is 12.8. The molecule has 0 N–H and O–H groups in total. The first-order valence-electron chi connectivity index (χ1n) is 9.65. The summed E-state index contributed by atoms with van der Waals surface area (Å²) in [6, 6.07) is 3.60. The number of halogens is 3. The second kappa shape index (κ2) is 8.61. The maximum absolute atomic E-state index is 12.8. The topological polar surface area (TPSA) is 66.9 Å². The van der Waals surface area contributed by atoms with Gasteiger partial charge in [-0.25, -0.2) is 8.42 Å². The Labute approximate surface area is 168 Å². The van der Waals surface area contributed by atoms with E-state index in [9.17, 15) is 26.4 Å². The molecule has 3 rings (SSSR count). The minimum Gasteiger partial charge on any atom is -0.381 e. The molecule has 1 aromatic rings. The first kappa shape index (κ1) is 22.0. The normalized spacial score (nSPS) is 20.6. The largest absolute Gasteiger partial charge is 0.416 e. The molecular weight excluding hydrogens is 409 g/mol. The van der Waals surface area contributed by atoms with E-state index >= 15 is 0 Å². The van der Waals surface area contributed by atoms with Gasteiger partial charge in [-0.05, 0) is 49.9 Å². The molecule has 2 heterocycles. The number of ether oxygens (including phenoxy) is 1. The Balaban J connectivity index is 1.68. The number of sulfonamides is 1. The first-order valence-corrected chi connectivity index (χ1v) is 11.1. The average molecular weight is 434 g/mol. The lowest BCUT2D eigenvalue weighted by molar-refractivity contribution is -0.138. The zero-order valence-electron chi connectivity index (χ0n) is 16.2. The third kappa shape index (κ3) is 4.92. The fraction of sp³-hybridized carbons (Fsp3) is 0.632. The lowest BCUT2D eigenvalue weighted by Gasteiger charge is -2.43. The highest BCUT2D eigenvalue weighted by molar-refractivity contribution is 7.89. The zero-order valence-corrected chi connectivity index (χ0v) is 17.0. The number of carbonyl (C=O) groups is 1. The van der Waals surface area contributed by atoms with Gasteiger partial charge in [0.05, 0.1) is 10.5 Å². The van der Waals surface area contributed by atoms with Crippen LogP contribution in [0.4, 0.5) is 13.2 Å². The van der Waals surface area contributed by atoms with Crippen molar-refractivity contribution in [3.63, 3.8) is 0 Å². The molecule has 162 valence electrons. The maximum Gasteiger partial charge on any atom is 0.416 e. The van der Waals surface area contributed by atoms with Crippen LogP contribution < -0.4 is 0 Å². The van der Waals surface area contributed by atoms with Gasteiger partial charge in [0.1, 0.15) is 0 Å². The smallest absolute Gasteiger partial charge is 0.381 e. The summed E-state index contributed by atoms with van der Waals surface area (Å²) < 4.78 is 70.4. The molecule has 10 heteroatoms. The molecule has 1 aromatic carbocycles. The molecule has 29 heavy (non-hydrogen) atoms. The molecule has 0 saturated carbocycles. The molecule has 2 fully saturated rings. The van der Waals surface area contributed by atoms with Gasteiger partial charge in [-0.3, -0.25) is 4.79 Å². The van der Waals surface area contributed by atoms with Gasteiger partial charge in [0.25, 0.3) is 0 Å². The summed E-state index contributed by atoms with van der Waals surface area (Å²) in [6.45, 7) is 3.19. The van der Waals surface area contributed by atoms with Crippen LogP contribution in [-0.2, 0) is 25.7 Å². The minimum atomic E-state index is -4.51. The number of hydrogen-bond acceptors (Lipinski definition) is 4. The summed E-state index contributed by atoms with van der Waals surface area (Å²) in [5.41, 5.74) is -0.885. The van der Waals surface area contributed by atoms with Crippen LogP contribution in [0.25, 0.3) is 0 Å². The lowest BCUT2D eigenvalue weighted by Crippen LogP contribution is -2.53. The van der Waals surface area contributed by atoms with Crippen LogP contribution in [0.3, 0.4) is 0 Å². The van der Waals surface area contributed by atoms with E-state index in [-0.39, 0.29) is 36.0 Å². The molecule has 1 amide bonds. The molecule has 6 nitrogen and oxygen atoms in total. The summed E-state index contributed by atoms with van der Waals surface area (Å²) in [7, 11) is -3.88. The molecule has 0 aromatic heterocycles. The van der Waals surface area contributed by atoms with Gasteiger partial charge in [0.15, 0.2) is 0 Å². The quantitative estimate of drug-likeness (QED) is 0.731. The number of amides is 1. The third-order valence-electron chi connectivity index (χ3n) is 5.58. The Kier molecular flexibility index (Phi) is 6.54. The van der Waals surface area contributed by atoms with Crippen LogP contribution in [0.5, 0.6) is 0 Å². The summed E-state index contributed by atoms with van der Waals surface area (Å²) >= 11 is 0. The molecule has 2 aliphatic rings. The fourth-order valence-electron chi connectivity index (χ4n) is 4.10. The van der Waals surface area contributed by atoms with E-state index < -0.39 is 21.8 Å². The van der Waals surface area contributed by atoms with Gasteiger partial charge in [-0.1, -0.05) is 0 Å². The highest BCUT2D eigenvalue weighted by Gasteiger charge is 2.36. The zero-order chi connectivity index (χ0) is 21.2. The minimum absolute atomic E-state index is 0.0269. The van der Waals surface area contributed by atoms with Gasteiger partial charge in [0.2, 0.25) is 15.9 Å². The number of nitrogens with zero attached hydrogens (tertiary/aromatic N) is 2. The number of rotatable bonds is 4. The SMILES string of the molecule is CC(=O)N(C1CCOCC1)C1CCN(S(=O)(=O)c2ccc(C(F)(F)F)cc2)CC1. The second-order valence-electron chi connectivity index (χ2n) is 7.43. The Morgan fingerprint density at radius 2 is 1.55 bits per heavy atom. The molecule has 2 aliphatic heterocycles. The van der Waals surface area contributed by atoms with Crippen LogP contribution in [0.15, 0.2) is 29.2 Å². The lowest BCUT2D eigenvalue weighted by atomic mass is 9.99. The van der Waals surface area contributed by atoms with Crippen LogP contribution in [0, 0.1) is 0 Å². The molecule has 0 unspecified atom stereocenters. The van der Waals surface area contributed by atoms with Gasteiger partial charge in [-0.2, -0.15) is 17.5 Å². The molecule has 0 bridgehead atoms. The summed E-state index contributed by atoms with van der Waals surface area (Å²) in [6.07, 6.45) is -1.98. The molecule has 0 aliphatic carbocycles. The highest BCUT2D eigenvalue weighted by Crippen LogP contribution is 2.31. The van der Waals surface area contributed by atoms with Crippen molar-refractivity contribution in [3.05, 3.63) is 29.8 Å². The Bertz CT molecular complexity index is 813. The average Bonchev–Trinajstić information content (AvgIpc) is 2.68. The number of piperidine rings is 1. The van der Waals surface area contributed by atoms with Gasteiger partial charge >= 0.3 is 6.18 Å². The standard InChI is InChI=1S/C19H25F3N2O4S/c1-14(25)24(17-8-12-28-13-9-17)16-6-10-23(11-7-16)29(26,27)18-4-2-15(3-5-18)19(20,21)22/h2-5,16-17H,6-13H2,1H3. The van der Waals surface area contributed by atoms with Crippen LogP contribution in [0.2, 0.25) is 0 Å². The number of hydrogen-bond donors (Lipinski definition) is 0. The van der Waals surface area contributed by atoms with Crippen molar-refractivity contribution >= 4 is 15.9 Å². The summed E-state index contributed by atoms with van der Waals surface area (Å²) in [4.78, 5) is 13.9. The van der Waals surface area contributed by atoms with E-state index in [2.05, 4.69) is 0 Å². The van der Waals surface area contributed by atoms with E-state index in [0.717, 1.165) is 37.1 Å². The Morgan fingerprint density at radius 1 is 1.03 bits per heavy atom. The van der Waals surface area contributed by atoms with Crippen LogP contribution in [-0.4, -0.2) is 61.9 Å². The molecule has 2 saturated heterocycles. The molecule has 0 atom stereocenters. The van der Waals surface area contributed by atoms with E-state index in [1.165, 1.54) is 11.2 Å². The van der Waals surface area contributed by atoms with Crippen LogP contribution in [0.1, 0.15) is 38.2 Å². The molecule has 0 spiro atoms. The van der Waals surface area contributed by atoms with Crippen molar-refractivity contribution in [2.75, 3.05) is 26.3 Å². The fourth-order valence-corrected chi connectivity index (χ4v) is 5.57. The monoisotopic (exact) mass is 434 g/mol. The Morgan fingerprint density at radius 3 is 2.03 bits per heavy atom. The van der Waals surface area contributed by atoms with Crippen molar-refractivity contribution < 1.29 is 31.1 Å². The second-order valence-corrected chi connectivity index (χ2v) is 9.37. The van der Waals surface area contributed by atoms with E-state index in [1.807, 2.05) is 4.90 Å². The van der Waals surface area contributed by atoms with Crippen molar-refractivity contribution in [1.29, 1.82) is 0 Å². The third-order valence-corrected chi connectivity index (χ3v) is 7.50. The van der Waals surface area contributed by atoms with Crippen molar-refractivity contribution in [2.45, 2.75) is 55.8 Å². The van der Waals surface area contributed by atoms with Crippen molar-refractivity contribution in [1.82, 2.24) is 9.21 Å². The number of carbonyl (C=O) groups excluding carboxylic acids is 1.